The van der Waals surface area contributed by atoms with E-state index in [1.54, 1.807) is 6.07 Å². The van der Waals surface area contributed by atoms with Crippen LogP contribution in [-0.2, 0) is 0 Å². The van der Waals surface area contributed by atoms with E-state index in [1.807, 2.05) is 6.07 Å². The lowest BCUT2D eigenvalue weighted by Crippen LogP contribution is -2.46. The zero-order chi connectivity index (χ0) is 13.9. The monoisotopic (exact) mass is 277 g/mol. The van der Waals surface area contributed by atoms with E-state index in [0.29, 0.717) is 11.7 Å². The smallest absolute Gasteiger partial charge is 0.148 e. The van der Waals surface area contributed by atoms with Gasteiger partial charge in [-0.15, -0.1) is 0 Å². The first-order valence-electron chi connectivity index (χ1n) is 7.78. The molecule has 0 radical (unpaired) electrons. The van der Waals surface area contributed by atoms with Crippen LogP contribution in [0.15, 0.2) is 18.2 Å². The molecule has 0 aromatic heterocycles. The summed E-state index contributed by atoms with van der Waals surface area (Å²) in [6.45, 7) is 4.48. The number of benzene rings is 1. The lowest BCUT2D eigenvalue weighted by Gasteiger charge is -2.41. The zero-order valence-corrected chi connectivity index (χ0v) is 12.0. The normalized spacial score (nSPS) is 22.1. The second-order valence-electron chi connectivity index (χ2n) is 5.99. The van der Waals surface area contributed by atoms with Crippen molar-refractivity contribution < 1.29 is 4.39 Å². The minimum Gasteiger partial charge on any atom is -0.395 e. The van der Waals surface area contributed by atoms with Gasteiger partial charge in [0, 0.05) is 19.1 Å². The van der Waals surface area contributed by atoms with Crippen molar-refractivity contribution in [1.82, 2.24) is 4.90 Å². The van der Waals surface area contributed by atoms with Gasteiger partial charge in [-0.05, 0) is 50.9 Å². The summed E-state index contributed by atoms with van der Waals surface area (Å²) in [5.74, 6) is -0.305. The van der Waals surface area contributed by atoms with Gasteiger partial charge < -0.3 is 15.5 Å². The first kappa shape index (κ1) is 13.7. The fourth-order valence-corrected chi connectivity index (χ4v) is 3.56. The molecule has 0 spiro atoms. The van der Waals surface area contributed by atoms with Gasteiger partial charge in [0.05, 0.1) is 11.4 Å². The Balaban J connectivity index is 1.62. The first-order valence-corrected chi connectivity index (χ1v) is 7.78. The number of likely N-dealkylation sites (tertiary alicyclic amines) is 1. The summed E-state index contributed by atoms with van der Waals surface area (Å²) in [6, 6.07) is 5.82. The molecule has 110 valence electrons. The van der Waals surface area contributed by atoms with Crippen LogP contribution < -0.4 is 10.6 Å². The van der Waals surface area contributed by atoms with Crippen molar-refractivity contribution in [3.8, 4) is 0 Å². The Morgan fingerprint density at radius 1 is 1.00 bits per heavy atom. The van der Waals surface area contributed by atoms with E-state index < -0.39 is 0 Å². The molecule has 0 saturated carbocycles. The number of halogens is 1. The van der Waals surface area contributed by atoms with Gasteiger partial charge in [-0.25, -0.2) is 4.39 Å². The van der Waals surface area contributed by atoms with E-state index in [9.17, 15) is 4.39 Å². The number of hydrogen-bond donors (Lipinski definition) is 1. The quantitative estimate of drug-likeness (QED) is 0.844. The fraction of sp³-hybridized carbons (Fsp3) is 0.625. The van der Waals surface area contributed by atoms with Crippen molar-refractivity contribution in [2.45, 2.75) is 38.1 Å². The molecule has 0 atom stereocenters. The van der Waals surface area contributed by atoms with Gasteiger partial charge in [-0.3, -0.25) is 0 Å². The van der Waals surface area contributed by atoms with Gasteiger partial charge in [0.15, 0.2) is 0 Å². The Hall–Kier alpha value is -1.29. The topological polar surface area (TPSA) is 32.5 Å². The predicted octanol–water partition coefficient (Wildman–Crippen LogP) is 2.86. The maximum atomic E-state index is 13.5. The molecular weight excluding hydrogens is 253 g/mol. The van der Waals surface area contributed by atoms with E-state index in [0.717, 1.165) is 31.6 Å². The highest BCUT2D eigenvalue weighted by molar-refractivity contribution is 5.68. The van der Waals surface area contributed by atoms with E-state index in [1.165, 1.54) is 38.4 Å². The van der Waals surface area contributed by atoms with E-state index >= 15 is 0 Å². The maximum absolute atomic E-state index is 13.5. The summed E-state index contributed by atoms with van der Waals surface area (Å²) in [5, 5.41) is 0. The van der Waals surface area contributed by atoms with Crippen LogP contribution in [0.5, 0.6) is 0 Å². The van der Waals surface area contributed by atoms with Crippen molar-refractivity contribution in [1.29, 1.82) is 0 Å². The van der Waals surface area contributed by atoms with Crippen LogP contribution in [0.4, 0.5) is 15.8 Å². The molecule has 2 saturated heterocycles. The number of nitrogens with zero attached hydrogens (tertiary/aromatic N) is 2. The third-order valence-electron chi connectivity index (χ3n) is 4.74. The second-order valence-corrected chi connectivity index (χ2v) is 5.99. The van der Waals surface area contributed by atoms with Gasteiger partial charge in [-0.2, -0.15) is 0 Å². The number of nitrogen functional groups attached to an aromatic ring is 1. The molecule has 1 aromatic carbocycles. The van der Waals surface area contributed by atoms with Gasteiger partial charge in [0.25, 0.3) is 0 Å². The van der Waals surface area contributed by atoms with Crippen LogP contribution in [0, 0.1) is 5.82 Å². The highest BCUT2D eigenvalue weighted by atomic mass is 19.1. The molecule has 0 amide bonds. The minimum atomic E-state index is -0.305. The molecule has 2 heterocycles. The predicted molar refractivity (Wildman–Crippen MR) is 81.5 cm³/mol. The Kier molecular flexibility index (Phi) is 4.10. The molecule has 20 heavy (non-hydrogen) atoms. The highest BCUT2D eigenvalue weighted by Crippen LogP contribution is 2.29. The average Bonchev–Trinajstić information content (AvgIpc) is 2.51. The van der Waals surface area contributed by atoms with E-state index in [2.05, 4.69) is 9.80 Å². The highest BCUT2D eigenvalue weighted by Gasteiger charge is 2.26. The van der Waals surface area contributed by atoms with Gasteiger partial charge in [0.2, 0.25) is 0 Å². The van der Waals surface area contributed by atoms with Gasteiger partial charge >= 0.3 is 0 Å². The summed E-state index contributed by atoms with van der Waals surface area (Å²) in [7, 11) is 0. The molecule has 2 aliphatic rings. The number of piperidine rings is 2. The molecule has 2 aliphatic heterocycles. The third kappa shape index (κ3) is 2.75. The van der Waals surface area contributed by atoms with Crippen molar-refractivity contribution in [3.05, 3.63) is 24.0 Å². The minimum absolute atomic E-state index is 0.295. The van der Waals surface area contributed by atoms with Crippen molar-refractivity contribution in [2.75, 3.05) is 36.8 Å². The fourth-order valence-electron chi connectivity index (χ4n) is 3.56. The molecule has 2 fully saturated rings. The number of hydrogen-bond acceptors (Lipinski definition) is 3. The zero-order valence-electron chi connectivity index (χ0n) is 12.0. The maximum Gasteiger partial charge on any atom is 0.148 e. The van der Waals surface area contributed by atoms with Crippen molar-refractivity contribution >= 4 is 11.4 Å². The summed E-state index contributed by atoms with van der Waals surface area (Å²) >= 11 is 0. The Morgan fingerprint density at radius 3 is 2.40 bits per heavy atom. The van der Waals surface area contributed by atoms with Gasteiger partial charge in [-0.1, -0.05) is 12.5 Å². The van der Waals surface area contributed by atoms with Crippen LogP contribution in [-0.4, -0.2) is 37.1 Å². The number of anilines is 2. The molecule has 2 N–H and O–H groups in total. The van der Waals surface area contributed by atoms with Crippen LogP contribution in [0.1, 0.15) is 32.1 Å². The lowest BCUT2D eigenvalue weighted by molar-refractivity contribution is 0.141. The Bertz CT molecular complexity index is 449. The van der Waals surface area contributed by atoms with Gasteiger partial charge in [0.1, 0.15) is 5.82 Å². The molecule has 1 aromatic rings. The summed E-state index contributed by atoms with van der Waals surface area (Å²) in [6.07, 6.45) is 6.40. The third-order valence-corrected chi connectivity index (χ3v) is 4.74. The van der Waals surface area contributed by atoms with E-state index in [-0.39, 0.29) is 5.82 Å². The average molecular weight is 277 g/mol. The number of nitrogens with two attached hydrogens (primary N) is 1. The van der Waals surface area contributed by atoms with Crippen molar-refractivity contribution in [2.24, 2.45) is 0 Å². The van der Waals surface area contributed by atoms with Crippen LogP contribution in [0.3, 0.4) is 0 Å². The van der Waals surface area contributed by atoms with E-state index in [4.69, 9.17) is 5.73 Å². The largest absolute Gasteiger partial charge is 0.395 e. The first-order chi connectivity index (χ1) is 9.75. The SMILES string of the molecule is Nc1c(F)cccc1N1CCC(N2CCCCC2)CC1. The Labute approximate surface area is 120 Å². The molecular formula is C16H24FN3. The molecule has 0 unspecified atom stereocenters. The Morgan fingerprint density at radius 2 is 1.70 bits per heavy atom. The van der Waals surface area contributed by atoms with Crippen LogP contribution >= 0.6 is 0 Å². The molecule has 3 nitrogen and oxygen atoms in total. The molecule has 4 heteroatoms. The van der Waals surface area contributed by atoms with Crippen LogP contribution in [0.2, 0.25) is 0 Å². The van der Waals surface area contributed by atoms with Crippen molar-refractivity contribution in [3.63, 3.8) is 0 Å². The standard InChI is InChI=1S/C16H24FN3/c17-14-5-4-6-15(16(14)18)20-11-7-13(8-12-20)19-9-2-1-3-10-19/h4-6,13H,1-3,7-12,18H2. The van der Waals surface area contributed by atoms with Crippen LogP contribution in [0.25, 0.3) is 0 Å². The second kappa shape index (κ2) is 6.00. The summed E-state index contributed by atoms with van der Waals surface area (Å²) in [4.78, 5) is 4.88. The molecule has 0 aliphatic carbocycles. The molecule has 3 rings (SSSR count). The number of rotatable bonds is 2. The molecule has 0 bridgehead atoms. The number of para-hydroxylation sites is 1. The lowest BCUT2D eigenvalue weighted by atomic mass is 9.99. The summed E-state index contributed by atoms with van der Waals surface area (Å²) in [5.41, 5.74) is 7.02. The summed E-state index contributed by atoms with van der Waals surface area (Å²) < 4.78 is 13.5.